The van der Waals surface area contributed by atoms with Gasteiger partial charge in [-0.05, 0) is 25.7 Å². The third-order valence-corrected chi connectivity index (χ3v) is 3.24. The fourth-order valence-electron chi connectivity index (χ4n) is 1.45. The molecular formula is C14H25NO4S. The molecule has 0 bridgehead atoms. The molecule has 6 heteroatoms. The van der Waals surface area contributed by atoms with Crippen LogP contribution < -0.4 is 6.15 Å². The number of hydrogen-bond donors (Lipinski definition) is 1. The van der Waals surface area contributed by atoms with Crippen LogP contribution in [0.25, 0.3) is 0 Å². The molecule has 0 aromatic rings. The van der Waals surface area contributed by atoms with Gasteiger partial charge in [-0.2, -0.15) is 8.42 Å². The Hall–Kier alpha value is -1.21. The Kier molecular flexibility index (Phi) is 12.2. The van der Waals surface area contributed by atoms with Gasteiger partial charge in [-0.25, -0.2) is 8.37 Å². The van der Waals surface area contributed by atoms with Crippen molar-refractivity contribution in [3.8, 4) is 0 Å². The maximum Gasteiger partial charge on any atom is 0.400 e. The molecule has 20 heavy (non-hydrogen) atoms. The molecule has 0 fully saturated rings. The lowest BCUT2D eigenvalue weighted by Crippen LogP contribution is -2.24. The molecule has 0 radical (unpaired) electrons. The minimum atomic E-state index is -4.06. The highest BCUT2D eigenvalue weighted by atomic mass is 32.3. The minimum absolute atomic E-state index is 0. The molecular weight excluding hydrogens is 278 g/mol. The van der Waals surface area contributed by atoms with E-state index in [0.717, 1.165) is 0 Å². The maximum atomic E-state index is 11.8. The molecule has 0 saturated heterocycles. The summed E-state index contributed by atoms with van der Waals surface area (Å²) in [7, 11) is -4.06. The maximum absolute atomic E-state index is 11.8. The first-order valence-electron chi connectivity index (χ1n) is 6.04. The second kappa shape index (κ2) is 11.6. The summed E-state index contributed by atoms with van der Waals surface area (Å²) in [6, 6.07) is 0. The Morgan fingerprint density at radius 1 is 0.750 bits per heavy atom. The molecule has 0 heterocycles. The monoisotopic (exact) mass is 303 g/mol. The van der Waals surface area contributed by atoms with Gasteiger partial charge in [0.25, 0.3) is 0 Å². The predicted molar refractivity (Wildman–Crippen MR) is 82.9 cm³/mol. The Labute approximate surface area is 122 Å². The molecule has 0 unspecified atom stereocenters. The Morgan fingerprint density at radius 2 is 1.00 bits per heavy atom. The standard InChI is InChI=1S/C14H22O4S.H3N/c1-5-9-13(10-6-2)17-19(15,16)18-14(11-7-3)12-8-4;/h5-8,13-14H,1-4,9-12H2;1H3. The molecule has 0 spiro atoms. The molecule has 0 rings (SSSR count). The van der Waals surface area contributed by atoms with Crippen molar-refractivity contribution in [2.45, 2.75) is 37.9 Å². The lowest BCUT2D eigenvalue weighted by molar-refractivity contribution is 0.127. The van der Waals surface area contributed by atoms with Crippen LogP contribution in [0.5, 0.6) is 0 Å². The highest BCUT2D eigenvalue weighted by Crippen LogP contribution is 2.15. The van der Waals surface area contributed by atoms with Gasteiger partial charge in [0.15, 0.2) is 0 Å². The summed E-state index contributed by atoms with van der Waals surface area (Å²) in [6.07, 6.45) is 6.92. The van der Waals surface area contributed by atoms with Crippen molar-refractivity contribution in [2.75, 3.05) is 0 Å². The largest absolute Gasteiger partial charge is 0.400 e. The molecule has 5 nitrogen and oxygen atoms in total. The zero-order valence-electron chi connectivity index (χ0n) is 11.9. The van der Waals surface area contributed by atoms with Crippen LogP contribution in [0.4, 0.5) is 0 Å². The van der Waals surface area contributed by atoms with Crippen LogP contribution in [0.15, 0.2) is 50.6 Å². The molecule has 0 atom stereocenters. The molecule has 0 saturated carbocycles. The van der Waals surface area contributed by atoms with E-state index < -0.39 is 22.6 Å². The normalized spacial score (nSPS) is 10.9. The third-order valence-electron chi connectivity index (χ3n) is 2.23. The van der Waals surface area contributed by atoms with Gasteiger partial charge in [0.05, 0.1) is 12.2 Å². The van der Waals surface area contributed by atoms with Crippen molar-refractivity contribution in [3.63, 3.8) is 0 Å². The van der Waals surface area contributed by atoms with Gasteiger partial charge in [0.1, 0.15) is 0 Å². The van der Waals surface area contributed by atoms with E-state index in [0.29, 0.717) is 25.7 Å². The summed E-state index contributed by atoms with van der Waals surface area (Å²) in [6.45, 7) is 14.2. The Bertz CT molecular complexity index is 351. The van der Waals surface area contributed by atoms with E-state index in [2.05, 4.69) is 26.3 Å². The van der Waals surface area contributed by atoms with E-state index in [-0.39, 0.29) is 6.15 Å². The van der Waals surface area contributed by atoms with Crippen LogP contribution in [0.2, 0.25) is 0 Å². The van der Waals surface area contributed by atoms with Crippen molar-refractivity contribution >= 4 is 10.4 Å². The fraction of sp³-hybridized carbons (Fsp3) is 0.429. The van der Waals surface area contributed by atoms with Crippen LogP contribution in [0.1, 0.15) is 25.7 Å². The Morgan fingerprint density at radius 3 is 1.20 bits per heavy atom. The highest BCUT2D eigenvalue weighted by molar-refractivity contribution is 7.81. The second-order valence-electron chi connectivity index (χ2n) is 3.94. The molecule has 0 aromatic carbocycles. The average molecular weight is 303 g/mol. The molecule has 0 aliphatic carbocycles. The van der Waals surface area contributed by atoms with Crippen molar-refractivity contribution < 1.29 is 16.8 Å². The SMILES string of the molecule is C=CCC(CC=C)OS(=O)(=O)OC(CC=C)CC=C.N. The molecule has 3 N–H and O–H groups in total. The molecule has 0 aliphatic heterocycles. The van der Waals surface area contributed by atoms with Gasteiger partial charge < -0.3 is 6.15 Å². The highest BCUT2D eigenvalue weighted by Gasteiger charge is 2.22. The van der Waals surface area contributed by atoms with Gasteiger partial charge in [-0.3, -0.25) is 0 Å². The lowest BCUT2D eigenvalue weighted by atomic mass is 10.2. The zero-order valence-corrected chi connectivity index (χ0v) is 12.7. The van der Waals surface area contributed by atoms with E-state index in [1.807, 2.05) is 0 Å². The van der Waals surface area contributed by atoms with E-state index in [4.69, 9.17) is 8.37 Å². The first kappa shape index (κ1) is 21.1. The van der Waals surface area contributed by atoms with Crippen molar-refractivity contribution in [1.82, 2.24) is 6.15 Å². The summed E-state index contributed by atoms with van der Waals surface area (Å²) in [4.78, 5) is 0. The minimum Gasteiger partial charge on any atom is -0.344 e. The second-order valence-corrected chi connectivity index (χ2v) is 5.14. The van der Waals surface area contributed by atoms with Crippen LogP contribution in [-0.4, -0.2) is 20.6 Å². The summed E-state index contributed by atoms with van der Waals surface area (Å²) in [5.41, 5.74) is 0. The average Bonchev–Trinajstić information content (AvgIpc) is 2.29. The van der Waals surface area contributed by atoms with Crippen LogP contribution >= 0.6 is 0 Å². The third kappa shape index (κ3) is 9.69. The first-order chi connectivity index (χ1) is 8.99. The van der Waals surface area contributed by atoms with Crippen LogP contribution in [0, 0.1) is 0 Å². The summed E-state index contributed by atoms with van der Waals surface area (Å²) < 4.78 is 33.5. The lowest BCUT2D eigenvalue weighted by Gasteiger charge is -2.17. The summed E-state index contributed by atoms with van der Waals surface area (Å²) >= 11 is 0. The van der Waals surface area contributed by atoms with E-state index in [1.165, 1.54) is 0 Å². The summed E-state index contributed by atoms with van der Waals surface area (Å²) in [5, 5.41) is 0. The van der Waals surface area contributed by atoms with Crippen LogP contribution in [0.3, 0.4) is 0 Å². The van der Waals surface area contributed by atoms with E-state index in [9.17, 15) is 8.42 Å². The van der Waals surface area contributed by atoms with Crippen LogP contribution in [-0.2, 0) is 18.8 Å². The van der Waals surface area contributed by atoms with Gasteiger partial charge in [0, 0.05) is 0 Å². The fourth-order valence-corrected chi connectivity index (χ4v) is 2.48. The number of hydrogen-bond acceptors (Lipinski definition) is 5. The zero-order chi connectivity index (χ0) is 14.7. The quantitative estimate of drug-likeness (QED) is 0.558. The molecule has 116 valence electrons. The van der Waals surface area contributed by atoms with Gasteiger partial charge in [0.2, 0.25) is 0 Å². The first-order valence-corrected chi connectivity index (χ1v) is 7.37. The van der Waals surface area contributed by atoms with E-state index >= 15 is 0 Å². The molecule has 0 aromatic heterocycles. The van der Waals surface area contributed by atoms with Crippen molar-refractivity contribution in [2.24, 2.45) is 0 Å². The predicted octanol–water partition coefficient (Wildman–Crippen LogP) is 3.47. The Balaban J connectivity index is 0. The molecule has 0 aliphatic rings. The molecule has 0 amide bonds. The topological polar surface area (TPSA) is 87.6 Å². The van der Waals surface area contributed by atoms with Gasteiger partial charge >= 0.3 is 10.4 Å². The van der Waals surface area contributed by atoms with E-state index in [1.54, 1.807) is 24.3 Å². The van der Waals surface area contributed by atoms with Gasteiger partial charge in [-0.1, -0.05) is 24.3 Å². The number of rotatable bonds is 12. The van der Waals surface area contributed by atoms with Crippen molar-refractivity contribution in [3.05, 3.63) is 50.6 Å². The van der Waals surface area contributed by atoms with Gasteiger partial charge in [-0.15, -0.1) is 26.3 Å². The smallest absolute Gasteiger partial charge is 0.344 e. The van der Waals surface area contributed by atoms with Crippen molar-refractivity contribution in [1.29, 1.82) is 0 Å². The summed E-state index contributed by atoms with van der Waals surface area (Å²) in [5.74, 6) is 0.